The average molecular weight is 341 g/mol. The second kappa shape index (κ2) is 6.01. The molecule has 0 atom stereocenters. The summed E-state index contributed by atoms with van der Waals surface area (Å²) < 4.78 is 55.5. The first-order chi connectivity index (χ1) is 10.9. The third-order valence-corrected chi connectivity index (χ3v) is 6.22. The highest BCUT2D eigenvalue weighted by atomic mass is 32.2. The van der Waals surface area contributed by atoms with Crippen LogP contribution < -0.4 is 0 Å². The molecule has 1 aliphatic rings. The maximum Gasteiger partial charge on any atom is 0.260 e. The van der Waals surface area contributed by atoms with Gasteiger partial charge in [-0.15, -0.1) is 0 Å². The van der Waals surface area contributed by atoms with Crippen LogP contribution in [0.3, 0.4) is 0 Å². The Morgan fingerprint density at radius 3 is 2.26 bits per heavy atom. The van der Waals surface area contributed by atoms with Crippen molar-refractivity contribution in [3.63, 3.8) is 0 Å². The van der Waals surface area contributed by atoms with Gasteiger partial charge >= 0.3 is 0 Å². The Morgan fingerprint density at radius 1 is 1.13 bits per heavy atom. The van der Waals surface area contributed by atoms with E-state index in [1.165, 1.54) is 39.4 Å². The number of halogens is 2. The van der Waals surface area contributed by atoms with Crippen LogP contribution in [0.4, 0.5) is 8.78 Å². The molecule has 1 aromatic carbocycles. The first-order valence-corrected chi connectivity index (χ1v) is 8.77. The molecule has 2 heterocycles. The summed E-state index contributed by atoms with van der Waals surface area (Å²) in [7, 11) is -2.07. The van der Waals surface area contributed by atoms with Crippen LogP contribution in [0.5, 0.6) is 0 Å². The van der Waals surface area contributed by atoms with E-state index in [-0.39, 0.29) is 29.6 Å². The number of nitrogens with zero attached hydrogens (tertiary/aromatic N) is 3. The molecular formula is C15H17F2N3O2S. The number of aromatic nitrogens is 2. The maximum absolute atomic E-state index is 13.9. The smallest absolute Gasteiger partial charge is 0.256 e. The van der Waals surface area contributed by atoms with Gasteiger partial charge in [0.1, 0.15) is 11.6 Å². The first-order valence-electron chi connectivity index (χ1n) is 7.33. The van der Waals surface area contributed by atoms with Gasteiger partial charge in [-0.25, -0.2) is 17.2 Å². The topological polar surface area (TPSA) is 55.2 Å². The van der Waals surface area contributed by atoms with Crippen LogP contribution >= 0.6 is 0 Å². The van der Waals surface area contributed by atoms with E-state index in [9.17, 15) is 17.2 Å². The van der Waals surface area contributed by atoms with Crippen molar-refractivity contribution in [2.45, 2.75) is 23.8 Å². The molecular weight excluding hydrogens is 324 g/mol. The van der Waals surface area contributed by atoms with Gasteiger partial charge in [-0.2, -0.15) is 9.40 Å². The zero-order valence-corrected chi connectivity index (χ0v) is 13.4. The third-order valence-electron chi connectivity index (χ3n) is 4.24. The van der Waals surface area contributed by atoms with Crippen LogP contribution in [0.25, 0.3) is 0 Å². The van der Waals surface area contributed by atoms with Crippen LogP contribution in [-0.2, 0) is 17.1 Å². The van der Waals surface area contributed by atoms with Gasteiger partial charge in [-0.3, -0.25) is 4.68 Å². The molecule has 5 nitrogen and oxygen atoms in total. The van der Waals surface area contributed by atoms with E-state index in [1.807, 2.05) is 0 Å². The molecule has 124 valence electrons. The molecule has 0 N–H and O–H groups in total. The van der Waals surface area contributed by atoms with E-state index in [0.29, 0.717) is 12.8 Å². The minimum atomic E-state index is -3.63. The molecule has 23 heavy (non-hydrogen) atoms. The van der Waals surface area contributed by atoms with Gasteiger partial charge in [0.25, 0.3) is 10.0 Å². The summed E-state index contributed by atoms with van der Waals surface area (Å²) in [6.45, 7) is 0.456. The lowest BCUT2D eigenvalue weighted by molar-refractivity contribution is 0.309. The molecule has 1 aliphatic heterocycles. The Balaban J connectivity index is 1.78. The van der Waals surface area contributed by atoms with E-state index in [0.717, 1.165) is 0 Å². The normalized spacial score (nSPS) is 17.5. The average Bonchev–Trinajstić information content (AvgIpc) is 2.94. The van der Waals surface area contributed by atoms with E-state index < -0.39 is 21.7 Å². The highest BCUT2D eigenvalue weighted by Gasteiger charge is 2.33. The lowest BCUT2D eigenvalue weighted by Crippen LogP contribution is -2.38. The SMILES string of the molecule is Cn1nccc1S(=O)(=O)N1CCC(c2c(F)cccc2F)CC1. The fraction of sp³-hybridized carbons (Fsp3) is 0.400. The number of hydrogen-bond acceptors (Lipinski definition) is 3. The molecule has 0 spiro atoms. The zero-order chi connectivity index (χ0) is 16.6. The Bertz CT molecular complexity index is 792. The van der Waals surface area contributed by atoms with Gasteiger partial charge in [0.15, 0.2) is 5.03 Å². The van der Waals surface area contributed by atoms with Crippen molar-refractivity contribution < 1.29 is 17.2 Å². The number of hydrogen-bond donors (Lipinski definition) is 0. The largest absolute Gasteiger partial charge is 0.260 e. The van der Waals surface area contributed by atoms with Crippen LogP contribution in [0.15, 0.2) is 35.5 Å². The molecule has 0 saturated carbocycles. The molecule has 1 fully saturated rings. The summed E-state index contributed by atoms with van der Waals surface area (Å²) in [5, 5.41) is 3.99. The standard InChI is InChI=1S/C15H17F2N3O2S/c1-19-14(5-8-18-19)23(21,22)20-9-6-11(7-10-20)15-12(16)3-2-4-13(15)17/h2-5,8,11H,6-7,9-10H2,1H3. The lowest BCUT2D eigenvalue weighted by atomic mass is 9.89. The number of rotatable bonds is 3. The van der Waals surface area contributed by atoms with Crippen molar-refractivity contribution in [2.24, 2.45) is 7.05 Å². The van der Waals surface area contributed by atoms with Crippen molar-refractivity contribution in [1.29, 1.82) is 0 Å². The Kier molecular flexibility index (Phi) is 4.20. The van der Waals surface area contributed by atoms with Crippen molar-refractivity contribution in [1.82, 2.24) is 14.1 Å². The number of benzene rings is 1. The zero-order valence-electron chi connectivity index (χ0n) is 12.6. The highest BCUT2D eigenvalue weighted by molar-refractivity contribution is 7.89. The summed E-state index contributed by atoms with van der Waals surface area (Å²) >= 11 is 0. The second-order valence-electron chi connectivity index (χ2n) is 5.61. The minimum absolute atomic E-state index is 0.0603. The number of piperidine rings is 1. The van der Waals surface area contributed by atoms with E-state index in [2.05, 4.69) is 5.10 Å². The fourth-order valence-corrected chi connectivity index (χ4v) is 4.60. The van der Waals surface area contributed by atoms with Crippen molar-refractivity contribution >= 4 is 10.0 Å². The molecule has 0 radical (unpaired) electrons. The molecule has 1 saturated heterocycles. The van der Waals surface area contributed by atoms with Gasteiger partial charge in [0.2, 0.25) is 0 Å². The molecule has 0 bridgehead atoms. The number of aryl methyl sites for hydroxylation is 1. The van der Waals surface area contributed by atoms with Gasteiger partial charge < -0.3 is 0 Å². The van der Waals surface area contributed by atoms with Crippen molar-refractivity contribution in [2.75, 3.05) is 13.1 Å². The van der Waals surface area contributed by atoms with Crippen LogP contribution in [0.1, 0.15) is 24.3 Å². The summed E-state index contributed by atoms with van der Waals surface area (Å²) in [5.41, 5.74) is 0.0603. The minimum Gasteiger partial charge on any atom is -0.256 e. The Morgan fingerprint density at radius 2 is 1.74 bits per heavy atom. The summed E-state index contributed by atoms with van der Waals surface area (Å²) in [5.74, 6) is -1.45. The Hall–Kier alpha value is -1.80. The Labute approximate surface area is 133 Å². The molecule has 0 amide bonds. The molecule has 0 unspecified atom stereocenters. The molecule has 0 aliphatic carbocycles. The second-order valence-corrected chi connectivity index (χ2v) is 7.49. The lowest BCUT2D eigenvalue weighted by Gasteiger charge is -2.31. The van der Waals surface area contributed by atoms with E-state index in [4.69, 9.17) is 0 Å². The summed E-state index contributed by atoms with van der Waals surface area (Å²) in [6.07, 6.45) is 2.19. The molecule has 8 heteroatoms. The first kappa shape index (κ1) is 16.1. The number of sulfonamides is 1. The van der Waals surface area contributed by atoms with Crippen LogP contribution in [0, 0.1) is 11.6 Å². The van der Waals surface area contributed by atoms with Crippen LogP contribution in [0.2, 0.25) is 0 Å². The van der Waals surface area contributed by atoms with Gasteiger partial charge in [-0.05, 0) is 37.0 Å². The van der Waals surface area contributed by atoms with Gasteiger partial charge in [0, 0.05) is 25.7 Å². The predicted octanol–water partition coefficient (Wildman–Crippen LogP) is 2.27. The summed E-state index contributed by atoms with van der Waals surface area (Å²) in [4.78, 5) is 0. The van der Waals surface area contributed by atoms with E-state index >= 15 is 0 Å². The van der Waals surface area contributed by atoms with Crippen molar-refractivity contribution in [3.05, 3.63) is 47.7 Å². The third kappa shape index (κ3) is 2.88. The van der Waals surface area contributed by atoms with Crippen molar-refractivity contribution in [3.8, 4) is 0 Å². The molecule has 1 aromatic heterocycles. The predicted molar refractivity (Wildman–Crippen MR) is 80.3 cm³/mol. The maximum atomic E-state index is 13.9. The highest BCUT2D eigenvalue weighted by Crippen LogP contribution is 2.33. The van der Waals surface area contributed by atoms with E-state index in [1.54, 1.807) is 7.05 Å². The molecule has 2 aromatic rings. The van der Waals surface area contributed by atoms with Gasteiger partial charge in [0.05, 0.1) is 6.20 Å². The van der Waals surface area contributed by atoms with Crippen LogP contribution in [-0.4, -0.2) is 35.6 Å². The fourth-order valence-electron chi connectivity index (χ4n) is 3.03. The summed E-state index contributed by atoms with van der Waals surface area (Å²) in [6, 6.07) is 5.24. The quantitative estimate of drug-likeness (QED) is 0.860. The monoisotopic (exact) mass is 341 g/mol. The molecule has 3 rings (SSSR count). The van der Waals surface area contributed by atoms with Gasteiger partial charge in [-0.1, -0.05) is 6.07 Å².